The van der Waals surface area contributed by atoms with Crippen LogP contribution in [0.4, 0.5) is 10.1 Å². The van der Waals surface area contributed by atoms with Crippen molar-refractivity contribution in [3.63, 3.8) is 0 Å². The summed E-state index contributed by atoms with van der Waals surface area (Å²) in [5.41, 5.74) is 1.32. The molecule has 100 valence electrons. The molecule has 0 radical (unpaired) electrons. The molecule has 1 N–H and O–H groups in total. The first kappa shape index (κ1) is 13.3. The van der Waals surface area contributed by atoms with Gasteiger partial charge in [-0.15, -0.1) is 0 Å². The monoisotopic (exact) mass is 251 g/mol. The molecular formula is C15H22FNO. The van der Waals surface area contributed by atoms with E-state index < -0.39 is 0 Å². The lowest BCUT2D eigenvalue weighted by Gasteiger charge is -2.33. The quantitative estimate of drug-likeness (QED) is 0.889. The predicted octanol–water partition coefficient (Wildman–Crippen LogP) is 3.48. The van der Waals surface area contributed by atoms with Crippen LogP contribution in [0.3, 0.4) is 0 Å². The molecule has 1 saturated heterocycles. The summed E-state index contributed by atoms with van der Waals surface area (Å²) in [6, 6.07) is 5.38. The van der Waals surface area contributed by atoms with E-state index in [0.29, 0.717) is 17.3 Å². The van der Waals surface area contributed by atoms with Crippen LogP contribution in [0.25, 0.3) is 0 Å². The second-order valence-electron chi connectivity index (χ2n) is 5.01. The summed E-state index contributed by atoms with van der Waals surface area (Å²) in [5, 5.41) is 9.41. The molecule has 0 aliphatic carbocycles. The molecule has 0 aromatic heterocycles. The van der Waals surface area contributed by atoms with E-state index >= 15 is 0 Å². The number of aliphatic hydroxyl groups is 1. The molecule has 2 rings (SSSR count). The lowest BCUT2D eigenvalue weighted by atomic mass is 10.0. The van der Waals surface area contributed by atoms with Gasteiger partial charge in [-0.05, 0) is 25.3 Å². The Morgan fingerprint density at radius 1 is 1.33 bits per heavy atom. The molecule has 1 aromatic carbocycles. The molecule has 0 amide bonds. The minimum atomic E-state index is -0.207. The normalized spacial score (nSPS) is 20.8. The highest BCUT2D eigenvalue weighted by Crippen LogP contribution is 2.31. The highest BCUT2D eigenvalue weighted by molar-refractivity contribution is 5.55. The number of aliphatic hydroxyl groups excluding tert-OH is 1. The first-order valence-electron chi connectivity index (χ1n) is 6.92. The zero-order valence-corrected chi connectivity index (χ0v) is 11.0. The van der Waals surface area contributed by atoms with Gasteiger partial charge in [-0.3, -0.25) is 0 Å². The zero-order valence-electron chi connectivity index (χ0n) is 11.0. The summed E-state index contributed by atoms with van der Waals surface area (Å²) >= 11 is 0. The first-order valence-corrected chi connectivity index (χ1v) is 6.92. The Morgan fingerprint density at radius 2 is 2.17 bits per heavy atom. The van der Waals surface area contributed by atoms with Gasteiger partial charge < -0.3 is 10.0 Å². The van der Waals surface area contributed by atoms with Gasteiger partial charge in [-0.2, -0.15) is 0 Å². The van der Waals surface area contributed by atoms with Gasteiger partial charge in [-0.1, -0.05) is 31.9 Å². The predicted molar refractivity (Wildman–Crippen MR) is 72.2 cm³/mol. The third-order valence-corrected chi connectivity index (χ3v) is 3.88. The maximum atomic E-state index is 14.1. The molecule has 1 fully saturated rings. The third kappa shape index (κ3) is 2.66. The van der Waals surface area contributed by atoms with Crippen molar-refractivity contribution < 1.29 is 9.50 Å². The van der Waals surface area contributed by atoms with E-state index in [4.69, 9.17) is 0 Å². The highest BCUT2D eigenvalue weighted by Gasteiger charge is 2.24. The number of para-hydroxylation sites is 1. The van der Waals surface area contributed by atoms with Crippen molar-refractivity contribution in [2.24, 2.45) is 0 Å². The van der Waals surface area contributed by atoms with Crippen LogP contribution in [-0.2, 0) is 6.61 Å². The van der Waals surface area contributed by atoms with E-state index in [9.17, 15) is 9.50 Å². The van der Waals surface area contributed by atoms with Crippen molar-refractivity contribution in [1.29, 1.82) is 0 Å². The van der Waals surface area contributed by atoms with Gasteiger partial charge in [-0.25, -0.2) is 4.39 Å². The van der Waals surface area contributed by atoms with Gasteiger partial charge in [0.15, 0.2) is 0 Å². The van der Waals surface area contributed by atoms with E-state index in [0.717, 1.165) is 25.8 Å². The fourth-order valence-corrected chi connectivity index (χ4v) is 2.91. The van der Waals surface area contributed by atoms with Crippen LogP contribution in [0, 0.1) is 5.82 Å². The summed E-state index contributed by atoms with van der Waals surface area (Å²) < 4.78 is 14.1. The number of hydrogen-bond donors (Lipinski definition) is 1. The zero-order chi connectivity index (χ0) is 13.0. The molecule has 3 heteroatoms. The van der Waals surface area contributed by atoms with E-state index in [2.05, 4.69) is 11.8 Å². The van der Waals surface area contributed by atoms with Crippen molar-refractivity contribution in [2.75, 3.05) is 11.4 Å². The van der Waals surface area contributed by atoms with Gasteiger partial charge in [0.1, 0.15) is 5.82 Å². The Morgan fingerprint density at radius 3 is 2.89 bits per heavy atom. The molecule has 18 heavy (non-hydrogen) atoms. The van der Waals surface area contributed by atoms with Crippen molar-refractivity contribution in [2.45, 2.75) is 51.7 Å². The highest BCUT2D eigenvalue weighted by atomic mass is 19.1. The van der Waals surface area contributed by atoms with E-state index in [1.54, 1.807) is 6.07 Å². The average molecular weight is 251 g/mol. The van der Waals surface area contributed by atoms with Crippen LogP contribution in [0.2, 0.25) is 0 Å². The van der Waals surface area contributed by atoms with Crippen LogP contribution >= 0.6 is 0 Å². The largest absolute Gasteiger partial charge is 0.392 e. The number of benzene rings is 1. The SMILES string of the molecule is CCC1CCCCCN1c1c(F)cccc1CO. The Bertz CT molecular complexity index is 394. The fourth-order valence-electron chi connectivity index (χ4n) is 2.91. The van der Waals surface area contributed by atoms with E-state index in [1.807, 2.05) is 6.07 Å². The smallest absolute Gasteiger partial charge is 0.146 e. The van der Waals surface area contributed by atoms with E-state index in [1.165, 1.54) is 18.9 Å². The maximum Gasteiger partial charge on any atom is 0.146 e. The Labute approximate surface area is 108 Å². The number of hydrogen-bond acceptors (Lipinski definition) is 2. The molecule has 2 nitrogen and oxygen atoms in total. The number of anilines is 1. The third-order valence-electron chi connectivity index (χ3n) is 3.88. The number of rotatable bonds is 3. The molecule has 1 aromatic rings. The second kappa shape index (κ2) is 6.19. The lowest BCUT2D eigenvalue weighted by Crippen LogP contribution is -2.35. The summed E-state index contributed by atoms with van der Waals surface area (Å²) in [7, 11) is 0. The summed E-state index contributed by atoms with van der Waals surface area (Å²) in [6.07, 6.45) is 5.69. The minimum absolute atomic E-state index is 0.0972. The summed E-state index contributed by atoms with van der Waals surface area (Å²) in [5.74, 6) is -0.207. The molecule has 0 saturated carbocycles. The molecule has 1 atom stereocenters. The molecular weight excluding hydrogens is 229 g/mol. The average Bonchev–Trinajstić information content (AvgIpc) is 2.63. The van der Waals surface area contributed by atoms with Gasteiger partial charge in [0.2, 0.25) is 0 Å². The van der Waals surface area contributed by atoms with Crippen LogP contribution < -0.4 is 4.90 Å². The van der Waals surface area contributed by atoms with Gasteiger partial charge >= 0.3 is 0 Å². The van der Waals surface area contributed by atoms with Crippen LogP contribution in [0.1, 0.15) is 44.6 Å². The van der Waals surface area contributed by atoms with Gasteiger partial charge in [0, 0.05) is 18.2 Å². The summed E-state index contributed by atoms with van der Waals surface area (Å²) in [6.45, 7) is 2.95. The van der Waals surface area contributed by atoms with Crippen LogP contribution in [0.15, 0.2) is 18.2 Å². The van der Waals surface area contributed by atoms with Crippen molar-refractivity contribution in [3.8, 4) is 0 Å². The number of nitrogens with zero attached hydrogens (tertiary/aromatic N) is 1. The number of halogens is 1. The standard InChI is InChI=1S/C15H22FNO/c1-2-13-8-4-3-5-10-17(13)15-12(11-18)7-6-9-14(15)16/h6-7,9,13,18H,2-5,8,10-11H2,1H3. The molecule has 1 heterocycles. The van der Waals surface area contributed by atoms with Crippen molar-refractivity contribution >= 4 is 5.69 Å². The van der Waals surface area contributed by atoms with E-state index in [-0.39, 0.29) is 12.4 Å². The molecule has 1 unspecified atom stereocenters. The summed E-state index contributed by atoms with van der Waals surface area (Å²) in [4.78, 5) is 2.17. The Kier molecular flexibility index (Phi) is 4.59. The van der Waals surface area contributed by atoms with Crippen molar-refractivity contribution in [3.05, 3.63) is 29.6 Å². The topological polar surface area (TPSA) is 23.5 Å². The minimum Gasteiger partial charge on any atom is -0.392 e. The molecule has 0 bridgehead atoms. The Balaban J connectivity index is 2.37. The van der Waals surface area contributed by atoms with Crippen LogP contribution in [0.5, 0.6) is 0 Å². The molecule has 0 spiro atoms. The molecule has 1 aliphatic heterocycles. The lowest BCUT2D eigenvalue weighted by molar-refractivity contribution is 0.281. The first-order chi connectivity index (χ1) is 8.77. The molecule has 1 aliphatic rings. The van der Waals surface area contributed by atoms with Gasteiger partial charge in [0.05, 0.1) is 12.3 Å². The van der Waals surface area contributed by atoms with Crippen LogP contribution in [-0.4, -0.2) is 17.7 Å². The maximum absolute atomic E-state index is 14.1. The fraction of sp³-hybridized carbons (Fsp3) is 0.600. The van der Waals surface area contributed by atoms with Crippen molar-refractivity contribution in [1.82, 2.24) is 0 Å². The van der Waals surface area contributed by atoms with Gasteiger partial charge in [0.25, 0.3) is 0 Å². The second-order valence-corrected chi connectivity index (χ2v) is 5.01. The Hall–Kier alpha value is -1.09.